The van der Waals surface area contributed by atoms with Crippen molar-refractivity contribution in [1.82, 2.24) is 25.5 Å². The molecular formula is C18H34N6. The molecule has 0 spiro atoms. The molecule has 1 unspecified atom stereocenters. The Hall–Kier alpha value is -1.01. The Morgan fingerprint density at radius 1 is 1.08 bits per heavy atom. The topological polar surface area (TPSA) is 81.7 Å². The van der Waals surface area contributed by atoms with E-state index in [2.05, 4.69) is 39.4 Å². The lowest BCUT2D eigenvalue weighted by atomic mass is 9.90. The molecule has 0 aliphatic heterocycles. The Balaban J connectivity index is 1.72. The van der Waals surface area contributed by atoms with Crippen molar-refractivity contribution in [1.29, 1.82) is 0 Å². The van der Waals surface area contributed by atoms with Crippen LogP contribution < -0.4 is 11.1 Å². The number of hydrogen-bond acceptors (Lipinski definition) is 5. The van der Waals surface area contributed by atoms with Crippen molar-refractivity contribution in [3.05, 3.63) is 5.82 Å². The van der Waals surface area contributed by atoms with E-state index in [0.29, 0.717) is 24.0 Å². The Morgan fingerprint density at radius 3 is 2.46 bits per heavy atom. The number of hydrogen-bond donors (Lipinski definition) is 2. The van der Waals surface area contributed by atoms with Crippen LogP contribution in [0.5, 0.6) is 0 Å². The lowest BCUT2D eigenvalue weighted by Gasteiger charge is -2.32. The zero-order valence-corrected chi connectivity index (χ0v) is 15.3. The zero-order chi connectivity index (χ0) is 16.9. The molecule has 2 fully saturated rings. The highest BCUT2D eigenvalue weighted by molar-refractivity contribution is 4.97. The average Bonchev–Trinajstić information content (AvgIpc) is 3.06. The molecule has 3 N–H and O–H groups in total. The molecule has 0 aromatic carbocycles. The van der Waals surface area contributed by atoms with Crippen molar-refractivity contribution < 1.29 is 0 Å². The summed E-state index contributed by atoms with van der Waals surface area (Å²) in [7, 11) is 0. The van der Waals surface area contributed by atoms with Gasteiger partial charge in [-0.2, -0.15) is 0 Å². The standard InChI is InChI=1S/C18H34N6/c1-13(2)12-17(20-15-10-8-14(19)9-11-15)18-21-22-23-24(18)16-6-4-3-5-7-16/h13-17,20H,3-12,19H2,1-2H3. The molecule has 1 heterocycles. The maximum atomic E-state index is 6.06. The summed E-state index contributed by atoms with van der Waals surface area (Å²) in [5.41, 5.74) is 6.06. The Labute approximate surface area is 145 Å². The molecule has 1 atom stereocenters. The fourth-order valence-corrected chi connectivity index (χ4v) is 4.31. The minimum absolute atomic E-state index is 0.251. The number of aromatic nitrogens is 4. The van der Waals surface area contributed by atoms with Gasteiger partial charge in [0, 0.05) is 12.1 Å². The molecule has 0 radical (unpaired) electrons. The highest BCUT2D eigenvalue weighted by Crippen LogP contribution is 2.31. The van der Waals surface area contributed by atoms with E-state index < -0.39 is 0 Å². The van der Waals surface area contributed by atoms with Gasteiger partial charge in [0.05, 0.1) is 12.1 Å². The van der Waals surface area contributed by atoms with Gasteiger partial charge in [0.15, 0.2) is 5.82 Å². The maximum absolute atomic E-state index is 6.06. The molecule has 1 aromatic rings. The van der Waals surface area contributed by atoms with Gasteiger partial charge in [-0.25, -0.2) is 4.68 Å². The SMILES string of the molecule is CC(C)CC(NC1CCC(N)CC1)c1nnnn1C1CCCCC1. The monoisotopic (exact) mass is 334 g/mol. The van der Waals surface area contributed by atoms with Crippen LogP contribution in [0.4, 0.5) is 0 Å². The van der Waals surface area contributed by atoms with E-state index in [1.807, 2.05) is 0 Å². The molecule has 136 valence electrons. The fraction of sp³-hybridized carbons (Fsp3) is 0.944. The van der Waals surface area contributed by atoms with Crippen molar-refractivity contribution in [2.24, 2.45) is 11.7 Å². The van der Waals surface area contributed by atoms with Crippen molar-refractivity contribution in [3.63, 3.8) is 0 Å². The summed E-state index contributed by atoms with van der Waals surface area (Å²) in [5, 5.41) is 16.7. The molecule has 6 heteroatoms. The lowest BCUT2D eigenvalue weighted by Crippen LogP contribution is -2.40. The van der Waals surface area contributed by atoms with Crippen molar-refractivity contribution in [2.45, 2.75) is 102 Å². The zero-order valence-electron chi connectivity index (χ0n) is 15.3. The first-order chi connectivity index (χ1) is 11.6. The highest BCUT2D eigenvalue weighted by Gasteiger charge is 2.28. The third kappa shape index (κ3) is 4.54. The van der Waals surface area contributed by atoms with E-state index in [-0.39, 0.29) is 6.04 Å². The van der Waals surface area contributed by atoms with Crippen LogP contribution in [-0.4, -0.2) is 32.3 Å². The first-order valence-electron chi connectivity index (χ1n) is 9.93. The van der Waals surface area contributed by atoms with E-state index in [0.717, 1.165) is 25.1 Å². The van der Waals surface area contributed by atoms with Gasteiger partial charge < -0.3 is 11.1 Å². The minimum atomic E-state index is 0.251. The molecular weight excluding hydrogens is 300 g/mol. The molecule has 3 rings (SSSR count). The summed E-state index contributed by atoms with van der Waals surface area (Å²) in [6.45, 7) is 4.56. The lowest BCUT2D eigenvalue weighted by molar-refractivity contribution is 0.267. The maximum Gasteiger partial charge on any atom is 0.168 e. The van der Waals surface area contributed by atoms with Gasteiger partial charge in [0.2, 0.25) is 0 Å². The van der Waals surface area contributed by atoms with Crippen LogP contribution in [-0.2, 0) is 0 Å². The summed E-state index contributed by atoms with van der Waals surface area (Å²) < 4.78 is 2.13. The van der Waals surface area contributed by atoms with Crippen LogP contribution in [0.3, 0.4) is 0 Å². The summed E-state index contributed by atoms with van der Waals surface area (Å²) in [5.74, 6) is 1.66. The van der Waals surface area contributed by atoms with E-state index in [4.69, 9.17) is 5.73 Å². The van der Waals surface area contributed by atoms with Gasteiger partial charge in [-0.15, -0.1) is 5.10 Å². The second-order valence-corrected chi connectivity index (χ2v) is 8.23. The smallest absolute Gasteiger partial charge is 0.168 e. The molecule has 0 saturated heterocycles. The predicted molar refractivity (Wildman–Crippen MR) is 95.5 cm³/mol. The number of nitrogens with zero attached hydrogens (tertiary/aromatic N) is 4. The summed E-state index contributed by atoms with van der Waals surface area (Å²) >= 11 is 0. The number of nitrogens with two attached hydrogens (primary N) is 1. The van der Waals surface area contributed by atoms with E-state index >= 15 is 0 Å². The average molecular weight is 335 g/mol. The van der Waals surface area contributed by atoms with Gasteiger partial charge in [0.25, 0.3) is 0 Å². The minimum Gasteiger partial charge on any atom is -0.328 e. The first-order valence-corrected chi connectivity index (χ1v) is 9.93. The van der Waals surface area contributed by atoms with E-state index in [1.165, 1.54) is 44.9 Å². The number of rotatable bonds is 6. The molecule has 6 nitrogen and oxygen atoms in total. The van der Waals surface area contributed by atoms with Gasteiger partial charge in [-0.05, 0) is 61.3 Å². The van der Waals surface area contributed by atoms with Gasteiger partial charge in [-0.3, -0.25) is 0 Å². The predicted octanol–water partition coefficient (Wildman–Crippen LogP) is 3.13. The third-order valence-electron chi connectivity index (χ3n) is 5.67. The van der Waals surface area contributed by atoms with Crippen LogP contribution in [0.1, 0.15) is 96.0 Å². The van der Waals surface area contributed by atoms with Crippen molar-refractivity contribution >= 4 is 0 Å². The molecule has 0 amide bonds. The second kappa shape index (κ2) is 8.39. The Morgan fingerprint density at radius 2 is 1.79 bits per heavy atom. The van der Waals surface area contributed by atoms with Crippen molar-refractivity contribution in [2.75, 3.05) is 0 Å². The van der Waals surface area contributed by atoms with E-state index in [9.17, 15) is 0 Å². The second-order valence-electron chi connectivity index (χ2n) is 8.23. The van der Waals surface area contributed by atoms with Crippen LogP contribution in [0.2, 0.25) is 0 Å². The van der Waals surface area contributed by atoms with Gasteiger partial charge >= 0.3 is 0 Å². The highest BCUT2D eigenvalue weighted by atomic mass is 15.6. The summed E-state index contributed by atoms with van der Waals surface area (Å²) in [6, 6.07) is 1.67. The van der Waals surface area contributed by atoms with Crippen molar-refractivity contribution in [3.8, 4) is 0 Å². The number of tetrazole rings is 1. The molecule has 24 heavy (non-hydrogen) atoms. The molecule has 2 aliphatic carbocycles. The van der Waals surface area contributed by atoms with Crippen LogP contribution in [0.15, 0.2) is 0 Å². The van der Waals surface area contributed by atoms with Gasteiger partial charge in [0.1, 0.15) is 0 Å². The summed E-state index contributed by atoms with van der Waals surface area (Å²) in [6.07, 6.45) is 12.0. The third-order valence-corrected chi connectivity index (χ3v) is 5.67. The molecule has 0 bridgehead atoms. The van der Waals surface area contributed by atoms with Crippen LogP contribution in [0, 0.1) is 5.92 Å². The van der Waals surface area contributed by atoms with Crippen LogP contribution in [0.25, 0.3) is 0 Å². The molecule has 1 aromatic heterocycles. The fourth-order valence-electron chi connectivity index (χ4n) is 4.31. The number of nitrogens with one attached hydrogen (secondary N) is 1. The molecule has 2 aliphatic rings. The Bertz CT molecular complexity index is 485. The largest absolute Gasteiger partial charge is 0.328 e. The Kier molecular flexibility index (Phi) is 6.22. The molecule has 2 saturated carbocycles. The normalized spacial score (nSPS) is 27.5. The van der Waals surface area contributed by atoms with E-state index in [1.54, 1.807) is 0 Å². The quantitative estimate of drug-likeness (QED) is 0.835. The van der Waals surface area contributed by atoms with Gasteiger partial charge in [-0.1, -0.05) is 33.1 Å². The first kappa shape index (κ1) is 17.8. The summed E-state index contributed by atoms with van der Waals surface area (Å²) in [4.78, 5) is 0. The van der Waals surface area contributed by atoms with Crippen LogP contribution >= 0.6 is 0 Å².